The minimum absolute atomic E-state index is 0.146. The third-order valence-electron chi connectivity index (χ3n) is 2.61. The van der Waals surface area contributed by atoms with Crippen molar-refractivity contribution < 1.29 is 4.39 Å². The number of alkyl halides is 1. The second kappa shape index (κ2) is 8.01. The van der Waals surface area contributed by atoms with Crippen LogP contribution in [0.15, 0.2) is 18.2 Å². The highest BCUT2D eigenvalue weighted by Crippen LogP contribution is 2.09. The summed E-state index contributed by atoms with van der Waals surface area (Å²) in [4.78, 5) is 0. The summed E-state index contributed by atoms with van der Waals surface area (Å²) in [5, 5.41) is 3.36. The third-order valence-corrected chi connectivity index (χ3v) is 3.38. The molecule has 0 aliphatic heterocycles. The van der Waals surface area contributed by atoms with Crippen molar-refractivity contribution >= 4 is 22.6 Å². The van der Waals surface area contributed by atoms with Crippen molar-refractivity contribution in [3.05, 3.63) is 35.1 Å². The summed E-state index contributed by atoms with van der Waals surface area (Å²) in [5.41, 5.74) is 2.22. The van der Waals surface area contributed by atoms with Gasteiger partial charge in [-0.1, -0.05) is 35.1 Å². The van der Waals surface area contributed by atoms with Crippen LogP contribution in [0.3, 0.4) is 0 Å². The van der Waals surface area contributed by atoms with Crippen molar-refractivity contribution in [2.75, 3.05) is 11.0 Å². The van der Waals surface area contributed by atoms with Crippen LogP contribution in [0.1, 0.15) is 30.4 Å². The average molecular weight is 335 g/mol. The van der Waals surface area contributed by atoms with Crippen LogP contribution in [0.5, 0.6) is 0 Å². The maximum atomic E-state index is 13.0. The molecule has 0 bridgehead atoms. The molecule has 0 spiro atoms. The zero-order valence-electron chi connectivity index (χ0n) is 9.73. The predicted octanol–water partition coefficient (Wildman–Crippen LogP) is 3.83. The van der Waals surface area contributed by atoms with E-state index >= 15 is 0 Å². The summed E-state index contributed by atoms with van der Waals surface area (Å²) < 4.78 is 14.2. The van der Waals surface area contributed by atoms with Gasteiger partial charge in [0.05, 0.1) is 0 Å². The Morgan fingerprint density at radius 1 is 1.25 bits per heavy atom. The van der Waals surface area contributed by atoms with E-state index in [1.54, 1.807) is 6.07 Å². The summed E-state index contributed by atoms with van der Waals surface area (Å²) in [5.74, 6) is -0.146. The molecule has 0 saturated carbocycles. The summed E-state index contributed by atoms with van der Waals surface area (Å²) in [6.45, 7) is 3.81. The first kappa shape index (κ1) is 13.9. The van der Waals surface area contributed by atoms with E-state index in [-0.39, 0.29) is 5.82 Å². The molecular formula is C13H19FIN. The minimum atomic E-state index is -0.146. The lowest BCUT2D eigenvalue weighted by molar-refractivity contribution is 0.605. The van der Waals surface area contributed by atoms with E-state index in [1.165, 1.54) is 29.8 Å². The highest BCUT2D eigenvalue weighted by molar-refractivity contribution is 14.1. The van der Waals surface area contributed by atoms with Crippen molar-refractivity contribution in [3.63, 3.8) is 0 Å². The molecule has 1 N–H and O–H groups in total. The quantitative estimate of drug-likeness (QED) is 0.454. The molecule has 0 aliphatic rings. The molecule has 0 saturated heterocycles. The second-order valence-corrected chi connectivity index (χ2v) is 5.08. The smallest absolute Gasteiger partial charge is 0.123 e. The normalized spacial score (nSPS) is 10.7. The van der Waals surface area contributed by atoms with Gasteiger partial charge in [0.1, 0.15) is 5.82 Å². The maximum Gasteiger partial charge on any atom is 0.123 e. The standard InChI is InChI=1S/C13H19FIN/c1-11-5-6-13(14)9-12(11)10-16-8-4-2-3-7-15/h5-6,9,16H,2-4,7-8,10H2,1H3. The van der Waals surface area contributed by atoms with Crippen LogP contribution in [-0.2, 0) is 6.54 Å². The maximum absolute atomic E-state index is 13.0. The lowest BCUT2D eigenvalue weighted by Gasteiger charge is -2.07. The van der Waals surface area contributed by atoms with E-state index in [1.807, 2.05) is 13.0 Å². The largest absolute Gasteiger partial charge is 0.313 e. The molecule has 16 heavy (non-hydrogen) atoms. The van der Waals surface area contributed by atoms with E-state index in [0.29, 0.717) is 0 Å². The fourth-order valence-electron chi connectivity index (χ4n) is 1.57. The highest BCUT2D eigenvalue weighted by atomic mass is 127. The van der Waals surface area contributed by atoms with E-state index in [0.717, 1.165) is 24.2 Å². The fraction of sp³-hybridized carbons (Fsp3) is 0.538. The van der Waals surface area contributed by atoms with E-state index in [9.17, 15) is 4.39 Å². The average Bonchev–Trinajstić information content (AvgIpc) is 2.28. The number of hydrogen-bond donors (Lipinski definition) is 1. The predicted molar refractivity (Wildman–Crippen MR) is 75.6 cm³/mol. The number of halogens is 2. The lowest BCUT2D eigenvalue weighted by atomic mass is 10.1. The molecule has 0 atom stereocenters. The number of benzene rings is 1. The molecule has 90 valence electrons. The first-order valence-electron chi connectivity index (χ1n) is 5.75. The fourth-order valence-corrected chi connectivity index (χ4v) is 2.11. The Hall–Kier alpha value is -0.160. The summed E-state index contributed by atoms with van der Waals surface area (Å²) in [7, 11) is 0. The van der Waals surface area contributed by atoms with Crippen LogP contribution in [-0.4, -0.2) is 11.0 Å². The van der Waals surface area contributed by atoms with Crippen LogP contribution in [0.25, 0.3) is 0 Å². The monoisotopic (exact) mass is 335 g/mol. The lowest BCUT2D eigenvalue weighted by Crippen LogP contribution is -2.15. The van der Waals surface area contributed by atoms with Crippen LogP contribution >= 0.6 is 22.6 Å². The zero-order chi connectivity index (χ0) is 11.8. The molecule has 1 aromatic rings. The molecule has 0 amide bonds. The van der Waals surface area contributed by atoms with Gasteiger partial charge >= 0.3 is 0 Å². The van der Waals surface area contributed by atoms with Gasteiger partial charge in [-0.15, -0.1) is 0 Å². The first-order chi connectivity index (χ1) is 7.74. The van der Waals surface area contributed by atoms with Crippen LogP contribution < -0.4 is 5.32 Å². The SMILES string of the molecule is Cc1ccc(F)cc1CNCCCCCI. The number of hydrogen-bond acceptors (Lipinski definition) is 1. The summed E-state index contributed by atoms with van der Waals surface area (Å²) in [6.07, 6.45) is 3.77. The second-order valence-electron chi connectivity index (χ2n) is 4.00. The van der Waals surface area contributed by atoms with Crippen LogP contribution in [0.2, 0.25) is 0 Å². The molecular weight excluding hydrogens is 316 g/mol. The molecule has 0 unspecified atom stereocenters. The summed E-state index contributed by atoms with van der Waals surface area (Å²) >= 11 is 2.40. The Morgan fingerprint density at radius 2 is 2.06 bits per heavy atom. The Bertz CT molecular complexity index is 315. The number of aryl methyl sites for hydroxylation is 1. The minimum Gasteiger partial charge on any atom is -0.313 e. The van der Waals surface area contributed by atoms with Crippen molar-refractivity contribution in [1.29, 1.82) is 0 Å². The van der Waals surface area contributed by atoms with Crippen molar-refractivity contribution in [2.24, 2.45) is 0 Å². The number of nitrogens with one attached hydrogen (secondary N) is 1. The molecule has 0 aromatic heterocycles. The van der Waals surface area contributed by atoms with E-state index in [2.05, 4.69) is 27.9 Å². The van der Waals surface area contributed by atoms with Gasteiger partial charge in [-0.05, 0) is 54.0 Å². The highest BCUT2D eigenvalue weighted by Gasteiger charge is 1.99. The van der Waals surface area contributed by atoms with Gasteiger partial charge in [-0.25, -0.2) is 4.39 Å². The van der Waals surface area contributed by atoms with Crippen LogP contribution in [0.4, 0.5) is 4.39 Å². The molecule has 0 fully saturated rings. The van der Waals surface area contributed by atoms with Gasteiger partial charge in [0, 0.05) is 6.54 Å². The molecule has 3 heteroatoms. The van der Waals surface area contributed by atoms with Gasteiger partial charge in [-0.2, -0.15) is 0 Å². The molecule has 1 rings (SSSR count). The van der Waals surface area contributed by atoms with Crippen molar-refractivity contribution in [1.82, 2.24) is 5.32 Å². The Kier molecular flexibility index (Phi) is 6.96. The van der Waals surface area contributed by atoms with Gasteiger partial charge in [0.15, 0.2) is 0 Å². The van der Waals surface area contributed by atoms with Gasteiger partial charge in [0.2, 0.25) is 0 Å². The van der Waals surface area contributed by atoms with Gasteiger partial charge in [0.25, 0.3) is 0 Å². The van der Waals surface area contributed by atoms with Gasteiger partial charge < -0.3 is 5.32 Å². The third kappa shape index (κ3) is 5.25. The zero-order valence-corrected chi connectivity index (χ0v) is 11.9. The van der Waals surface area contributed by atoms with Crippen LogP contribution in [0, 0.1) is 12.7 Å². The Labute approximate surface area is 111 Å². The first-order valence-corrected chi connectivity index (χ1v) is 7.28. The summed E-state index contributed by atoms with van der Waals surface area (Å²) in [6, 6.07) is 4.97. The van der Waals surface area contributed by atoms with Gasteiger partial charge in [-0.3, -0.25) is 0 Å². The molecule has 0 radical (unpaired) electrons. The molecule has 1 aromatic carbocycles. The molecule has 1 nitrogen and oxygen atoms in total. The Balaban J connectivity index is 2.23. The number of unbranched alkanes of at least 4 members (excludes halogenated alkanes) is 2. The van der Waals surface area contributed by atoms with Crippen molar-refractivity contribution in [3.8, 4) is 0 Å². The van der Waals surface area contributed by atoms with E-state index in [4.69, 9.17) is 0 Å². The topological polar surface area (TPSA) is 12.0 Å². The molecule has 0 aliphatic carbocycles. The van der Waals surface area contributed by atoms with E-state index < -0.39 is 0 Å². The van der Waals surface area contributed by atoms with Crippen molar-refractivity contribution in [2.45, 2.75) is 32.7 Å². The number of rotatable bonds is 7. The Morgan fingerprint density at radius 3 is 2.81 bits per heavy atom. The molecule has 0 heterocycles.